The van der Waals surface area contributed by atoms with Crippen LogP contribution in [0.4, 0.5) is 26.3 Å². The van der Waals surface area contributed by atoms with Crippen LogP contribution in [0.25, 0.3) is 0 Å². The lowest BCUT2D eigenvalue weighted by Crippen LogP contribution is -2.47. The van der Waals surface area contributed by atoms with Crippen LogP contribution >= 0.6 is 15.9 Å². The summed E-state index contributed by atoms with van der Waals surface area (Å²) in [6.45, 7) is 0.569. The van der Waals surface area contributed by atoms with Gasteiger partial charge in [0.05, 0.1) is 6.61 Å². The highest BCUT2D eigenvalue weighted by atomic mass is 79.9. The fourth-order valence-electron chi connectivity index (χ4n) is 0.476. The van der Waals surface area contributed by atoms with E-state index in [-0.39, 0.29) is 0 Å². The third kappa shape index (κ3) is 3.81. The number of carbonyl (C=O) groups is 1. The zero-order chi connectivity index (χ0) is 13.2. The average Bonchev–Trinajstić information content (AvgIpc) is 2.00. The molecule has 0 aliphatic heterocycles. The summed E-state index contributed by atoms with van der Waals surface area (Å²) in [5, 5.41) is 0. The van der Waals surface area contributed by atoms with E-state index in [4.69, 9.17) is 0 Å². The van der Waals surface area contributed by atoms with Gasteiger partial charge in [0.2, 0.25) is 0 Å². The molecule has 0 unspecified atom stereocenters. The van der Waals surface area contributed by atoms with E-state index in [1.54, 1.807) is 0 Å². The molecule has 0 aliphatic carbocycles. The second kappa shape index (κ2) is 4.78. The molecular weight excluding hydrogens is 314 g/mol. The minimum absolute atomic E-state index is 0.548. The molecule has 0 fully saturated rings. The zero-order valence-corrected chi connectivity index (χ0v) is 9.16. The molecule has 0 N–H and O–H groups in total. The summed E-state index contributed by atoms with van der Waals surface area (Å²) in [6, 6.07) is 0. The van der Waals surface area contributed by atoms with E-state index >= 15 is 0 Å². The third-order valence-electron chi connectivity index (χ3n) is 1.10. The van der Waals surface area contributed by atoms with Crippen LogP contribution in [-0.2, 0) is 14.3 Å². The van der Waals surface area contributed by atoms with Crippen molar-refractivity contribution >= 4 is 21.9 Å². The Kier molecular flexibility index (Phi) is 4.63. The molecule has 0 saturated heterocycles. The molecular formula is C6H5BrF6O3. The zero-order valence-electron chi connectivity index (χ0n) is 7.58. The highest BCUT2D eigenvalue weighted by Crippen LogP contribution is 2.43. The van der Waals surface area contributed by atoms with Gasteiger partial charge in [0.1, 0.15) is 0 Å². The fraction of sp³-hybridized carbons (Fsp3) is 0.833. The van der Waals surface area contributed by atoms with Gasteiger partial charge in [0, 0.05) is 15.9 Å². The highest BCUT2D eigenvalue weighted by Gasteiger charge is 2.63. The molecule has 0 aliphatic rings. The standard InChI is InChI=1S/C6H5BrF6O3/c1-2-15-3(14)4(8,9)16-6(12,13)5(7,10)11/h2H2,1H3. The smallest absolute Gasteiger partial charge is 0.460 e. The van der Waals surface area contributed by atoms with Gasteiger partial charge in [-0.25, -0.2) is 9.53 Å². The maximum absolute atomic E-state index is 12.5. The van der Waals surface area contributed by atoms with Crippen molar-refractivity contribution in [2.75, 3.05) is 6.61 Å². The summed E-state index contributed by atoms with van der Waals surface area (Å²) in [4.78, 5) is 5.33. The number of alkyl halides is 7. The van der Waals surface area contributed by atoms with Gasteiger partial charge < -0.3 is 4.74 Å². The third-order valence-corrected chi connectivity index (χ3v) is 1.56. The highest BCUT2D eigenvalue weighted by molar-refractivity contribution is 9.10. The molecule has 0 bridgehead atoms. The molecule has 0 heterocycles. The molecule has 0 spiro atoms. The van der Waals surface area contributed by atoms with Gasteiger partial charge in [0.15, 0.2) is 0 Å². The Morgan fingerprint density at radius 1 is 1.19 bits per heavy atom. The predicted molar refractivity (Wildman–Crippen MR) is 41.5 cm³/mol. The molecule has 0 amide bonds. The number of rotatable bonds is 5. The Labute approximate surface area is 93.8 Å². The Balaban J connectivity index is 4.77. The van der Waals surface area contributed by atoms with E-state index in [2.05, 4.69) is 9.47 Å². The van der Waals surface area contributed by atoms with Crippen molar-refractivity contribution < 1.29 is 40.6 Å². The summed E-state index contributed by atoms with van der Waals surface area (Å²) in [5.41, 5.74) is 0. The quantitative estimate of drug-likeness (QED) is 0.444. The minimum atomic E-state index is -5.57. The van der Waals surface area contributed by atoms with Crippen molar-refractivity contribution in [1.82, 2.24) is 0 Å². The second-order valence-corrected chi connectivity index (χ2v) is 3.35. The molecule has 0 aromatic rings. The van der Waals surface area contributed by atoms with Gasteiger partial charge in [-0.3, -0.25) is 0 Å². The van der Waals surface area contributed by atoms with E-state index in [1.165, 1.54) is 0 Å². The number of carbonyl (C=O) groups excluding carboxylic acids is 1. The van der Waals surface area contributed by atoms with Gasteiger partial charge >= 0.3 is 23.0 Å². The van der Waals surface area contributed by atoms with E-state index in [9.17, 15) is 31.1 Å². The molecule has 0 atom stereocenters. The van der Waals surface area contributed by atoms with Crippen LogP contribution in [-0.4, -0.2) is 29.6 Å². The molecule has 10 heteroatoms. The Morgan fingerprint density at radius 3 is 1.94 bits per heavy atom. The first-order chi connectivity index (χ1) is 6.94. The predicted octanol–water partition coefficient (Wildman–Crippen LogP) is 2.74. The van der Waals surface area contributed by atoms with Crippen molar-refractivity contribution in [3.8, 4) is 0 Å². The van der Waals surface area contributed by atoms with Gasteiger partial charge in [-0.05, 0) is 6.92 Å². The maximum atomic E-state index is 12.5. The summed E-state index contributed by atoms with van der Waals surface area (Å²) in [6.07, 6.45) is -10.7. The van der Waals surface area contributed by atoms with Gasteiger partial charge in [0.25, 0.3) is 0 Å². The number of ether oxygens (including phenoxy) is 2. The van der Waals surface area contributed by atoms with Crippen molar-refractivity contribution in [2.45, 2.75) is 24.0 Å². The lowest BCUT2D eigenvalue weighted by atomic mass is 10.6. The SMILES string of the molecule is CCOC(=O)C(F)(F)OC(F)(F)C(F)(F)Br. The minimum Gasteiger partial charge on any atom is -0.460 e. The summed E-state index contributed by atoms with van der Waals surface area (Å²) in [7, 11) is 0. The van der Waals surface area contributed by atoms with Gasteiger partial charge in [-0.1, -0.05) is 0 Å². The fourth-order valence-corrected chi connectivity index (χ4v) is 0.557. The Hall–Kier alpha value is -0.510. The number of hydrogen-bond acceptors (Lipinski definition) is 3. The van der Waals surface area contributed by atoms with Crippen molar-refractivity contribution in [1.29, 1.82) is 0 Å². The largest absolute Gasteiger partial charge is 0.460 e. The average molecular weight is 319 g/mol. The lowest BCUT2D eigenvalue weighted by Gasteiger charge is -2.24. The number of halogens is 7. The van der Waals surface area contributed by atoms with Crippen LogP contribution < -0.4 is 0 Å². The molecule has 0 radical (unpaired) electrons. The monoisotopic (exact) mass is 318 g/mol. The van der Waals surface area contributed by atoms with E-state index in [1.807, 2.05) is 0 Å². The van der Waals surface area contributed by atoms with Crippen LogP contribution in [0.1, 0.15) is 6.92 Å². The maximum Gasteiger partial charge on any atom is 0.460 e. The molecule has 3 nitrogen and oxygen atoms in total. The molecule has 0 rings (SSSR count). The van der Waals surface area contributed by atoms with Crippen molar-refractivity contribution in [2.24, 2.45) is 0 Å². The Bertz CT molecular complexity index is 263. The van der Waals surface area contributed by atoms with Crippen molar-refractivity contribution in [3.05, 3.63) is 0 Å². The summed E-state index contributed by atoms with van der Waals surface area (Å²) < 4.78 is 79.8. The van der Waals surface area contributed by atoms with Gasteiger partial charge in [-0.2, -0.15) is 26.3 Å². The molecule has 0 aromatic heterocycles. The molecule has 0 saturated carbocycles. The summed E-state index contributed by atoms with van der Waals surface area (Å²) >= 11 is 1.15. The topological polar surface area (TPSA) is 35.5 Å². The van der Waals surface area contributed by atoms with Gasteiger partial charge in [-0.15, -0.1) is 0 Å². The van der Waals surface area contributed by atoms with Crippen LogP contribution in [0, 0.1) is 0 Å². The molecule has 16 heavy (non-hydrogen) atoms. The Morgan fingerprint density at radius 2 is 1.62 bits per heavy atom. The lowest BCUT2D eigenvalue weighted by molar-refractivity contribution is -0.400. The number of esters is 1. The summed E-state index contributed by atoms with van der Waals surface area (Å²) in [5.74, 6) is -2.48. The normalized spacial score (nSPS) is 13.8. The molecule has 96 valence electrons. The van der Waals surface area contributed by atoms with Crippen LogP contribution in [0.5, 0.6) is 0 Å². The van der Waals surface area contributed by atoms with E-state index in [0.717, 1.165) is 22.9 Å². The van der Waals surface area contributed by atoms with Crippen molar-refractivity contribution in [3.63, 3.8) is 0 Å². The van der Waals surface area contributed by atoms with Crippen LogP contribution in [0.15, 0.2) is 0 Å². The van der Waals surface area contributed by atoms with Crippen LogP contribution in [0.2, 0.25) is 0 Å². The van der Waals surface area contributed by atoms with E-state index in [0.29, 0.717) is 0 Å². The van der Waals surface area contributed by atoms with E-state index < -0.39 is 29.6 Å². The second-order valence-electron chi connectivity index (χ2n) is 2.35. The first-order valence-electron chi connectivity index (χ1n) is 3.64. The first kappa shape index (κ1) is 15.5. The first-order valence-corrected chi connectivity index (χ1v) is 4.43. The number of hydrogen-bond donors (Lipinski definition) is 0. The van der Waals surface area contributed by atoms with Crippen LogP contribution in [0.3, 0.4) is 0 Å². The molecule has 0 aromatic carbocycles.